The third kappa shape index (κ3) is 6.95. The number of nitrogens with zero attached hydrogens (tertiary/aromatic N) is 1. The van der Waals surface area contributed by atoms with Gasteiger partial charge < -0.3 is 9.47 Å². The first kappa shape index (κ1) is 28.6. The number of carbonyl (C=O) groups excluding carboxylic acids is 2. The van der Waals surface area contributed by atoms with Crippen molar-refractivity contribution in [2.75, 3.05) is 26.7 Å². The normalized spacial score (nSPS) is 20.9. The van der Waals surface area contributed by atoms with Crippen molar-refractivity contribution in [3.63, 3.8) is 0 Å². The number of rotatable bonds is 7. The summed E-state index contributed by atoms with van der Waals surface area (Å²) in [6.45, 7) is 13.3. The molecule has 38 heavy (non-hydrogen) atoms. The van der Waals surface area contributed by atoms with Gasteiger partial charge in [0.1, 0.15) is 10.5 Å². The Kier molecular flexibility index (Phi) is 9.15. The first-order valence-electron chi connectivity index (χ1n) is 14.1. The van der Waals surface area contributed by atoms with E-state index in [0.29, 0.717) is 10.8 Å². The van der Waals surface area contributed by atoms with Gasteiger partial charge in [-0.3, -0.25) is 9.69 Å². The second-order valence-corrected chi connectivity index (χ2v) is 12.9. The van der Waals surface area contributed by atoms with Gasteiger partial charge in [-0.2, -0.15) is 0 Å². The molecule has 0 unspecified atom stereocenters. The summed E-state index contributed by atoms with van der Waals surface area (Å²) in [5.41, 5.74) is 5.31. The maximum atomic E-state index is 13.0. The van der Waals surface area contributed by atoms with Gasteiger partial charge in [0.25, 0.3) is 0 Å². The lowest BCUT2D eigenvalue weighted by atomic mass is 9.75. The van der Waals surface area contributed by atoms with Crippen LogP contribution in [0.5, 0.6) is 0 Å². The number of ether oxygens (including phenoxy) is 2. The minimum Gasteiger partial charge on any atom is -0.465 e. The van der Waals surface area contributed by atoms with E-state index in [1.807, 2.05) is 45.0 Å². The van der Waals surface area contributed by atoms with Crippen molar-refractivity contribution in [3.8, 4) is 10.4 Å². The molecule has 4 rings (SSSR count). The Morgan fingerprint density at radius 1 is 1.11 bits per heavy atom. The van der Waals surface area contributed by atoms with Crippen molar-refractivity contribution in [3.05, 3.63) is 51.9 Å². The Morgan fingerprint density at radius 2 is 1.84 bits per heavy atom. The molecule has 1 aliphatic heterocycles. The van der Waals surface area contributed by atoms with Gasteiger partial charge in [0.05, 0.1) is 13.5 Å². The number of hydrogen-bond donors (Lipinski definition) is 0. The predicted molar refractivity (Wildman–Crippen MR) is 155 cm³/mol. The fourth-order valence-electron chi connectivity index (χ4n) is 5.79. The van der Waals surface area contributed by atoms with E-state index in [-0.39, 0.29) is 18.4 Å². The first-order chi connectivity index (χ1) is 18.1. The SMILES string of the molecule is CCN1CCC(c2cc(-c3cccc(CC(=O)OC(C)(C)C)c3)sc2C(=O)OC)=C(C2CCC(C)CC2)C1. The second-order valence-electron chi connectivity index (χ2n) is 11.9. The standard InChI is InChI=1S/C32H43NO4S/c1-7-33-16-15-25(27(20-33)23-13-11-21(2)12-14-23)26-19-28(38-30(26)31(35)36-6)24-10-8-9-22(17-24)18-29(34)37-32(3,4)5/h8-10,17,19,21,23H,7,11-16,18,20H2,1-6H3. The minimum atomic E-state index is -0.512. The fraction of sp³-hybridized carbons (Fsp3) is 0.562. The molecule has 0 radical (unpaired) electrons. The monoisotopic (exact) mass is 537 g/mol. The largest absolute Gasteiger partial charge is 0.465 e. The summed E-state index contributed by atoms with van der Waals surface area (Å²) in [5, 5.41) is 0. The lowest BCUT2D eigenvalue weighted by Crippen LogP contribution is -2.34. The zero-order valence-electron chi connectivity index (χ0n) is 23.9. The molecule has 1 fully saturated rings. The molecule has 0 spiro atoms. The van der Waals surface area contributed by atoms with E-state index in [1.165, 1.54) is 55.3 Å². The summed E-state index contributed by atoms with van der Waals surface area (Å²) < 4.78 is 10.8. The number of methoxy groups -OCH3 is 1. The highest BCUT2D eigenvalue weighted by Crippen LogP contribution is 2.43. The van der Waals surface area contributed by atoms with Gasteiger partial charge in [0, 0.05) is 23.5 Å². The summed E-state index contributed by atoms with van der Waals surface area (Å²) >= 11 is 1.49. The average molecular weight is 538 g/mol. The van der Waals surface area contributed by atoms with Crippen LogP contribution in [0.1, 0.15) is 87.5 Å². The Hall–Kier alpha value is -2.44. The summed E-state index contributed by atoms with van der Waals surface area (Å²) in [6.07, 6.45) is 6.18. The van der Waals surface area contributed by atoms with Gasteiger partial charge in [-0.05, 0) is 92.8 Å². The molecular formula is C32H43NO4S. The molecule has 2 aromatic rings. The van der Waals surface area contributed by atoms with Crippen molar-refractivity contribution in [2.24, 2.45) is 11.8 Å². The van der Waals surface area contributed by atoms with E-state index in [1.54, 1.807) is 0 Å². The minimum absolute atomic E-state index is 0.218. The van der Waals surface area contributed by atoms with Crippen molar-refractivity contribution >= 4 is 28.8 Å². The van der Waals surface area contributed by atoms with E-state index in [0.717, 1.165) is 53.5 Å². The number of benzene rings is 1. The van der Waals surface area contributed by atoms with Gasteiger partial charge in [-0.15, -0.1) is 11.3 Å². The van der Waals surface area contributed by atoms with Crippen LogP contribution in [-0.4, -0.2) is 49.2 Å². The van der Waals surface area contributed by atoms with Crippen molar-refractivity contribution in [1.29, 1.82) is 0 Å². The maximum absolute atomic E-state index is 13.0. The average Bonchev–Trinajstić information content (AvgIpc) is 3.33. The molecule has 1 aliphatic carbocycles. The molecule has 0 saturated heterocycles. The molecule has 1 aromatic carbocycles. The van der Waals surface area contributed by atoms with E-state index in [9.17, 15) is 9.59 Å². The number of esters is 2. The molecule has 0 N–H and O–H groups in total. The van der Waals surface area contributed by atoms with Gasteiger partial charge in [0.2, 0.25) is 0 Å². The van der Waals surface area contributed by atoms with Crippen molar-refractivity contribution in [2.45, 2.75) is 78.7 Å². The van der Waals surface area contributed by atoms with Crippen LogP contribution in [0.4, 0.5) is 0 Å². The second kappa shape index (κ2) is 12.2. The molecule has 5 nitrogen and oxygen atoms in total. The predicted octanol–water partition coefficient (Wildman–Crippen LogP) is 7.39. The number of hydrogen-bond acceptors (Lipinski definition) is 6. The third-order valence-corrected chi connectivity index (χ3v) is 8.99. The van der Waals surface area contributed by atoms with Gasteiger partial charge in [-0.1, -0.05) is 44.9 Å². The molecule has 1 saturated carbocycles. The van der Waals surface area contributed by atoms with Crippen LogP contribution in [0.2, 0.25) is 0 Å². The highest BCUT2D eigenvalue weighted by atomic mass is 32.1. The number of thiophene rings is 1. The van der Waals surface area contributed by atoms with Crippen LogP contribution < -0.4 is 0 Å². The molecule has 0 atom stereocenters. The molecule has 2 aliphatic rings. The molecule has 2 heterocycles. The highest BCUT2D eigenvalue weighted by Gasteiger charge is 2.31. The Balaban J connectivity index is 1.72. The lowest BCUT2D eigenvalue weighted by Gasteiger charge is -2.37. The zero-order valence-corrected chi connectivity index (χ0v) is 24.7. The summed E-state index contributed by atoms with van der Waals surface area (Å²) in [4.78, 5) is 29.7. The Morgan fingerprint density at radius 3 is 2.50 bits per heavy atom. The van der Waals surface area contributed by atoms with E-state index in [4.69, 9.17) is 9.47 Å². The maximum Gasteiger partial charge on any atom is 0.348 e. The smallest absolute Gasteiger partial charge is 0.348 e. The zero-order chi connectivity index (χ0) is 27.4. The van der Waals surface area contributed by atoms with Crippen LogP contribution in [0.25, 0.3) is 16.0 Å². The Bertz CT molecular complexity index is 1180. The van der Waals surface area contributed by atoms with Crippen LogP contribution >= 0.6 is 11.3 Å². The molecule has 0 bridgehead atoms. The molecule has 1 aromatic heterocycles. The molecule has 0 amide bonds. The molecular weight excluding hydrogens is 494 g/mol. The summed E-state index contributed by atoms with van der Waals surface area (Å²) in [7, 11) is 1.46. The van der Waals surface area contributed by atoms with Gasteiger partial charge >= 0.3 is 11.9 Å². The van der Waals surface area contributed by atoms with Crippen LogP contribution in [0.15, 0.2) is 35.9 Å². The quantitative estimate of drug-likeness (QED) is 0.345. The van der Waals surface area contributed by atoms with Crippen LogP contribution in [-0.2, 0) is 20.7 Å². The fourth-order valence-corrected chi connectivity index (χ4v) is 6.89. The van der Waals surface area contributed by atoms with E-state index < -0.39 is 5.60 Å². The van der Waals surface area contributed by atoms with Gasteiger partial charge in [0.15, 0.2) is 0 Å². The summed E-state index contributed by atoms with van der Waals surface area (Å²) in [6, 6.07) is 10.2. The highest BCUT2D eigenvalue weighted by molar-refractivity contribution is 7.17. The molecule has 206 valence electrons. The number of likely N-dealkylation sites (N-methyl/N-ethyl adjacent to an activating group) is 1. The summed E-state index contributed by atoms with van der Waals surface area (Å²) in [5.74, 6) is 0.869. The van der Waals surface area contributed by atoms with E-state index in [2.05, 4.69) is 24.8 Å². The van der Waals surface area contributed by atoms with Crippen LogP contribution in [0.3, 0.4) is 0 Å². The lowest BCUT2D eigenvalue weighted by molar-refractivity contribution is -0.153. The van der Waals surface area contributed by atoms with E-state index >= 15 is 0 Å². The van der Waals surface area contributed by atoms with Crippen molar-refractivity contribution in [1.82, 2.24) is 4.90 Å². The first-order valence-corrected chi connectivity index (χ1v) is 14.9. The number of carbonyl (C=O) groups is 2. The third-order valence-electron chi connectivity index (χ3n) is 7.82. The topological polar surface area (TPSA) is 55.8 Å². The van der Waals surface area contributed by atoms with Gasteiger partial charge in [-0.25, -0.2) is 4.79 Å². The Labute approximate surface area is 232 Å². The van der Waals surface area contributed by atoms with Crippen molar-refractivity contribution < 1.29 is 19.1 Å². The molecule has 6 heteroatoms. The van der Waals surface area contributed by atoms with Crippen LogP contribution in [0, 0.1) is 11.8 Å².